The van der Waals surface area contributed by atoms with E-state index in [2.05, 4.69) is 44.7 Å². The van der Waals surface area contributed by atoms with E-state index >= 15 is 0 Å². The van der Waals surface area contributed by atoms with Crippen molar-refractivity contribution in [1.82, 2.24) is 5.32 Å². The zero-order chi connectivity index (χ0) is 14.7. The van der Waals surface area contributed by atoms with Gasteiger partial charge in [-0.3, -0.25) is 0 Å². The molecule has 1 rings (SSSR count). The topological polar surface area (TPSA) is 51.5 Å². The number of furan rings is 1. The average molecular weight is 267 g/mol. The van der Waals surface area contributed by atoms with Crippen molar-refractivity contribution in [2.75, 3.05) is 7.11 Å². The molecule has 1 N–H and O–H groups in total. The van der Waals surface area contributed by atoms with Crippen LogP contribution in [0.3, 0.4) is 0 Å². The van der Waals surface area contributed by atoms with Crippen molar-refractivity contribution < 1.29 is 13.9 Å². The molecule has 1 aromatic rings. The molecule has 1 aromatic heterocycles. The summed E-state index contributed by atoms with van der Waals surface area (Å²) in [5, 5.41) is 3.47. The van der Waals surface area contributed by atoms with Crippen LogP contribution in [0, 0.1) is 5.41 Å². The second-order valence-corrected chi connectivity index (χ2v) is 6.74. The van der Waals surface area contributed by atoms with Gasteiger partial charge in [0, 0.05) is 17.6 Å². The Bertz CT molecular complexity index is 427. The van der Waals surface area contributed by atoms with Crippen LogP contribution in [0.1, 0.15) is 57.2 Å². The number of carbonyl (C=O) groups excluding carboxylic acids is 1. The second-order valence-electron chi connectivity index (χ2n) is 6.74. The van der Waals surface area contributed by atoms with Gasteiger partial charge in [-0.25, -0.2) is 4.79 Å². The lowest BCUT2D eigenvalue weighted by molar-refractivity contribution is 0.0562. The van der Waals surface area contributed by atoms with Crippen LogP contribution in [0.2, 0.25) is 0 Å². The Morgan fingerprint density at radius 2 is 1.95 bits per heavy atom. The lowest BCUT2D eigenvalue weighted by atomic mass is 9.82. The quantitative estimate of drug-likeness (QED) is 0.831. The Morgan fingerprint density at radius 1 is 1.32 bits per heavy atom. The van der Waals surface area contributed by atoms with Gasteiger partial charge in [0.15, 0.2) is 0 Å². The van der Waals surface area contributed by atoms with Crippen LogP contribution in [0.25, 0.3) is 0 Å². The molecule has 0 spiro atoms. The van der Waals surface area contributed by atoms with Crippen molar-refractivity contribution in [2.24, 2.45) is 5.41 Å². The molecule has 1 heterocycles. The summed E-state index contributed by atoms with van der Waals surface area (Å²) in [6.07, 6.45) is 2.55. The minimum Gasteiger partial charge on any atom is -0.463 e. The number of ether oxygens (including phenoxy) is 1. The molecule has 0 atom stereocenters. The fraction of sp³-hybridized carbons (Fsp3) is 0.667. The molecule has 108 valence electrons. The van der Waals surface area contributed by atoms with Crippen LogP contribution in [-0.2, 0) is 11.3 Å². The van der Waals surface area contributed by atoms with Crippen molar-refractivity contribution in [2.45, 2.75) is 53.1 Å². The van der Waals surface area contributed by atoms with E-state index in [0.29, 0.717) is 6.54 Å². The Kier molecular flexibility index (Phi) is 4.80. The van der Waals surface area contributed by atoms with Crippen molar-refractivity contribution in [1.29, 1.82) is 0 Å². The first-order valence-corrected chi connectivity index (χ1v) is 6.54. The van der Waals surface area contributed by atoms with E-state index in [-0.39, 0.29) is 16.7 Å². The van der Waals surface area contributed by atoms with Gasteiger partial charge in [0.2, 0.25) is 5.76 Å². The fourth-order valence-electron chi connectivity index (χ4n) is 2.47. The molecule has 0 fully saturated rings. The van der Waals surface area contributed by atoms with E-state index in [0.717, 1.165) is 12.0 Å². The number of methoxy groups -OCH3 is 1. The monoisotopic (exact) mass is 267 g/mol. The van der Waals surface area contributed by atoms with Crippen molar-refractivity contribution >= 4 is 5.97 Å². The van der Waals surface area contributed by atoms with Gasteiger partial charge in [0.1, 0.15) is 0 Å². The largest absolute Gasteiger partial charge is 0.463 e. The van der Waals surface area contributed by atoms with Gasteiger partial charge in [-0.05, 0) is 31.7 Å². The molecule has 0 aliphatic rings. The zero-order valence-corrected chi connectivity index (χ0v) is 12.8. The molecule has 4 heteroatoms. The SMILES string of the molecule is COC(=O)c1occc1CNC(C)(C)CC(C)(C)C. The van der Waals surface area contributed by atoms with Crippen molar-refractivity contribution in [3.05, 3.63) is 23.7 Å². The van der Waals surface area contributed by atoms with E-state index in [4.69, 9.17) is 4.42 Å². The summed E-state index contributed by atoms with van der Waals surface area (Å²) in [4.78, 5) is 11.5. The van der Waals surface area contributed by atoms with Crippen molar-refractivity contribution in [3.8, 4) is 0 Å². The molecular formula is C15H25NO3. The molecule has 0 aliphatic carbocycles. The number of hydrogen-bond donors (Lipinski definition) is 1. The predicted molar refractivity (Wildman–Crippen MR) is 75.0 cm³/mol. The third-order valence-corrected chi connectivity index (χ3v) is 2.85. The molecule has 4 nitrogen and oxygen atoms in total. The van der Waals surface area contributed by atoms with Crippen LogP contribution >= 0.6 is 0 Å². The molecule has 0 amide bonds. The van der Waals surface area contributed by atoms with E-state index in [1.165, 1.54) is 13.4 Å². The van der Waals surface area contributed by atoms with Crippen LogP contribution in [0.5, 0.6) is 0 Å². The van der Waals surface area contributed by atoms with Crippen LogP contribution in [-0.4, -0.2) is 18.6 Å². The number of hydrogen-bond acceptors (Lipinski definition) is 4. The maximum Gasteiger partial charge on any atom is 0.374 e. The van der Waals surface area contributed by atoms with Gasteiger partial charge in [0.25, 0.3) is 0 Å². The van der Waals surface area contributed by atoms with Gasteiger partial charge in [0.05, 0.1) is 13.4 Å². The maximum absolute atomic E-state index is 11.5. The average Bonchev–Trinajstić information content (AvgIpc) is 2.70. The zero-order valence-electron chi connectivity index (χ0n) is 12.8. The summed E-state index contributed by atoms with van der Waals surface area (Å²) in [6, 6.07) is 1.80. The third kappa shape index (κ3) is 5.07. The molecule has 19 heavy (non-hydrogen) atoms. The first kappa shape index (κ1) is 15.8. The molecule has 0 saturated carbocycles. The highest BCUT2D eigenvalue weighted by Gasteiger charge is 2.26. The summed E-state index contributed by atoms with van der Waals surface area (Å²) in [6.45, 7) is 11.6. The lowest BCUT2D eigenvalue weighted by Gasteiger charge is -2.33. The number of esters is 1. The Hall–Kier alpha value is -1.29. The third-order valence-electron chi connectivity index (χ3n) is 2.85. The molecule has 0 saturated heterocycles. The lowest BCUT2D eigenvalue weighted by Crippen LogP contribution is -2.42. The summed E-state index contributed by atoms with van der Waals surface area (Å²) < 4.78 is 9.86. The Labute approximate surface area is 115 Å². The number of carbonyl (C=O) groups is 1. The van der Waals surface area contributed by atoms with Gasteiger partial charge in [-0.15, -0.1) is 0 Å². The minimum absolute atomic E-state index is 0.0110. The fourth-order valence-corrected chi connectivity index (χ4v) is 2.47. The Morgan fingerprint density at radius 3 is 2.47 bits per heavy atom. The predicted octanol–water partition coefficient (Wildman–Crippen LogP) is 3.37. The van der Waals surface area contributed by atoms with Gasteiger partial charge < -0.3 is 14.5 Å². The van der Waals surface area contributed by atoms with Gasteiger partial charge >= 0.3 is 5.97 Å². The second kappa shape index (κ2) is 5.78. The van der Waals surface area contributed by atoms with Crippen LogP contribution < -0.4 is 5.32 Å². The van der Waals surface area contributed by atoms with E-state index in [1.807, 2.05) is 0 Å². The van der Waals surface area contributed by atoms with E-state index < -0.39 is 5.97 Å². The molecule has 0 radical (unpaired) electrons. The molecule has 0 aliphatic heterocycles. The van der Waals surface area contributed by atoms with Crippen LogP contribution in [0.4, 0.5) is 0 Å². The molecule has 0 aromatic carbocycles. The summed E-state index contributed by atoms with van der Waals surface area (Å²) >= 11 is 0. The van der Waals surface area contributed by atoms with Crippen molar-refractivity contribution in [3.63, 3.8) is 0 Å². The standard InChI is InChI=1S/C15H25NO3/c1-14(2,3)10-15(4,5)16-9-11-7-8-19-12(11)13(17)18-6/h7-8,16H,9-10H2,1-6H3. The summed E-state index contributed by atoms with van der Waals surface area (Å²) in [5.74, 6) is -0.156. The van der Waals surface area contributed by atoms with Gasteiger partial charge in [-0.1, -0.05) is 20.8 Å². The smallest absolute Gasteiger partial charge is 0.374 e. The first-order valence-electron chi connectivity index (χ1n) is 6.54. The highest BCUT2D eigenvalue weighted by atomic mass is 16.5. The summed E-state index contributed by atoms with van der Waals surface area (Å²) in [5.41, 5.74) is 1.06. The molecule has 0 bridgehead atoms. The molecular weight excluding hydrogens is 242 g/mol. The highest BCUT2D eigenvalue weighted by molar-refractivity contribution is 5.87. The normalized spacial score (nSPS) is 12.5. The molecule has 0 unspecified atom stereocenters. The first-order chi connectivity index (χ1) is 8.64. The van der Waals surface area contributed by atoms with E-state index in [1.54, 1.807) is 6.07 Å². The van der Waals surface area contributed by atoms with Gasteiger partial charge in [-0.2, -0.15) is 0 Å². The Balaban J connectivity index is 2.67. The number of nitrogens with one attached hydrogen (secondary N) is 1. The van der Waals surface area contributed by atoms with E-state index in [9.17, 15) is 4.79 Å². The van der Waals surface area contributed by atoms with Crippen LogP contribution in [0.15, 0.2) is 16.7 Å². The number of rotatable bonds is 5. The highest BCUT2D eigenvalue weighted by Crippen LogP contribution is 2.27. The minimum atomic E-state index is -0.435. The summed E-state index contributed by atoms with van der Waals surface area (Å²) in [7, 11) is 1.35. The maximum atomic E-state index is 11.5.